The number of H-pyrrole nitrogens is 2. The first-order valence-corrected chi connectivity index (χ1v) is 11.8. The summed E-state index contributed by atoms with van der Waals surface area (Å²) in [5, 5.41) is 22.9. The highest BCUT2D eigenvalue weighted by atomic mass is 32.2. The Labute approximate surface area is 203 Å². The largest absolute Gasteiger partial charge is 0.360 e. The Balaban J connectivity index is 1.44. The fourth-order valence-corrected chi connectivity index (χ4v) is 4.96. The topological polar surface area (TPSA) is 120 Å². The van der Waals surface area contributed by atoms with Crippen LogP contribution >= 0.6 is 11.8 Å². The minimum Gasteiger partial charge on any atom is -0.360 e. The smallest absolute Gasteiger partial charge is 0.272 e. The molecule has 6 aromatic rings. The lowest BCUT2D eigenvalue weighted by Crippen LogP contribution is -2.15. The van der Waals surface area contributed by atoms with E-state index < -0.39 is 0 Å². The van der Waals surface area contributed by atoms with E-state index in [1.165, 1.54) is 28.5 Å². The third kappa shape index (κ3) is 3.59. The van der Waals surface area contributed by atoms with Crippen LogP contribution in [0, 0.1) is 18.3 Å². The van der Waals surface area contributed by atoms with Crippen molar-refractivity contribution < 1.29 is 0 Å². The lowest BCUT2D eigenvalue weighted by molar-refractivity contribution is 0.877. The van der Waals surface area contributed by atoms with Gasteiger partial charge in [0.25, 0.3) is 5.56 Å². The number of nitrogens with zero attached hydrogens (tertiary/aromatic N) is 6. The second-order valence-corrected chi connectivity index (χ2v) is 9.00. The number of rotatable bonds is 5. The molecule has 6 rings (SSSR count). The highest BCUT2D eigenvalue weighted by Gasteiger charge is 2.19. The number of benzene rings is 2. The maximum atomic E-state index is 12.5. The lowest BCUT2D eigenvalue weighted by atomic mass is 10.1. The molecule has 0 atom stereocenters. The molecule has 0 saturated heterocycles. The van der Waals surface area contributed by atoms with Crippen LogP contribution in [-0.4, -0.2) is 34.3 Å². The number of aromatic nitrogens is 7. The van der Waals surface area contributed by atoms with E-state index in [0.717, 1.165) is 33.5 Å². The second kappa shape index (κ2) is 8.30. The van der Waals surface area contributed by atoms with Crippen LogP contribution in [0.5, 0.6) is 0 Å². The molecule has 2 N–H and O–H groups in total. The van der Waals surface area contributed by atoms with Crippen molar-refractivity contribution in [2.45, 2.75) is 17.8 Å². The Morgan fingerprint density at radius 3 is 2.83 bits per heavy atom. The van der Waals surface area contributed by atoms with Gasteiger partial charge >= 0.3 is 0 Å². The van der Waals surface area contributed by atoms with Crippen molar-refractivity contribution in [3.8, 4) is 23.1 Å². The van der Waals surface area contributed by atoms with Crippen LogP contribution in [-0.2, 0) is 5.75 Å². The predicted octanol–water partition coefficient (Wildman–Crippen LogP) is 4.22. The van der Waals surface area contributed by atoms with E-state index in [9.17, 15) is 10.1 Å². The highest BCUT2D eigenvalue weighted by Crippen LogP contribution is 2.33. The van der Waals surface area contributed by atoms with Gasteiger partial charge in [-0.1, -0.05) is 42.1 Å². The number of thioether (sulfide) groups is 1. The summed E-state index contributed by atoms with van der Waals surface area (Å²) in [5.74, 6) is 1.11. The highest BCUT2D eigenvalue weighted by molar-refractivity contribution is 7.98. The van der Waals surface area contributed by atoms with Crippen molar-refractivity contribution in [2.24, 2.45) is 0 Å². The molecule has 0 bridgehead atoms. The fraction of sp³-hybridized carbons (Fsp3) is 0.0800. The van der Waals surface area contributed by atoms with Gasteiger partial charge in [0, 0.05) is 46.4 Å². The molecule has 0 aliphatic carbocycles. The van der Waals surface area contributed by atoms with E-state index in [1.54, 1.807) is 0 Å². The predicted molar refractivity (Wildman–Crippen MR) is 133 cm³/mol. The van der Waals surface area contributed by atoms with E-state index in [1.807, 2.05) is 54.1 Å². The SMILES string of the molecule is Cc1cccc(-n2c(SCc3cc(=O)n4[nH]cc(C#N)c4n3)nnc2-c2c[nH]c3ccccc23)c1. The molecule has 0 aliphatic rings. The number of fused-ring (bicyclic) bond motifs is 2. The maximum absolute atomic E-state index is 12.5. The molecule has 4 aromatic heterocycles. The third-order valence-corrected chi connectivity index (χ3v) is 6.71. The normalized spacial score (nSPS) is 11.3. The van der Waals surface area contributed by atoms with E-state index in [2.05, 4.69) is 43.5 Å². The molecule has 0 radical (unpaired) electrons. The molecule has 4 heterocycles. The Kier molecular flexibility index (Phi) is 4.97. The second-order valence-electron chi connectivity index (χ2n) is 8.06. The number of hydrogen-bond acceptors (Lipinski definition) is 6. The zero-order valence-electron chi connectivity index (χ0n) is 18.6. The summed E-state index contributed by atoms with van der Waals surface area (Å²) >= 11 is 1.43. The first-order chi connectivity index (χ1) is 17.1. The Morgan fingerprint density at radius 2 is 1.97 bits per heavy atom. The number of para-hydroxylation sites is 1. The monoisotopic (exact) mass is 478 g/mol. The van der Waals surface area contributed by atoms with Crippen LogP contribution < -0.4 is 5.56 Å². The summed E-state index contributed by atoms with van der Waals surface area (Å²) in [6.07, 6.45) is 3.42. The number of aromatic amines is 2. The lowest BCUT2D eigenvalue weighted by Gasteiger charge is -2.11. The van der Waals surface area contributed by atoms with Crippen molar-refractivity contribution in [2.75, 3.05) is 0 Å². The summed E-state index contributed by atoms with van der Waals surface area (Å²) in [5.41, 5.74) is 4.95. The third-order valence-electron chi connectivity index (χ3n) is 5.74. The summed E-state index contributed by atoms with van der Waals surface area (Å²) < 4.78 is 3.28. The van der Waals surface area contributed by atoms with Gasteiger partial charge in [-0.3, -0.25) is 14.5 Å². The van der Waals surface area contributed by atoms with Gasteiger partial charge in [0.05, 0.1) is 5.69 Å². The number of hydrogen-bond donors (Lipinski definition) is 2. The van der Waals surface area contributed by atoms with Gasteiger partial charge < -0.3 is 4.98 Å². The first kappa shape index (κ1) is 20.9. The average molecular weight is 479 g/mol. The zero-order valence-corrected chi connectivity index (χ0v) is 19.4. The standard InChI is InChI=1S/C25H18N8OS/c1-15-5-4-6-18(9-15)32-24(20-13-27-21-8-3-2-7-19(20)21)30-31-25(32)35-14-17-10-22(34)33-23(29-17)16(11-26)12-28-33/h2-10,12-13,27-28H,14H2,1H3. The number of nitriles is 1. The molecule has 0 spiro atoms. The van der Waals surface area contributed by atoms with Crippen LogP contribution in [0.2, 0.25) is 0 Å². The van der Waals surface area contributed by atoms with E-state index in [-0.39, 0.29) is 5.56 Å². The molecular formula is C25H18N8OS. The summed E-state index contributed by atoms with van der Waals surface area (Å²) in [4.78, 5) is 20.3. The average Bonchev–Trinajstić information content (AvgIpc) is 3.59. The Bertz CT molecular complexity index is 1820. The van der Waals surface area contributed by atoms with Crippen LogP contribution in [0.15, 0.2) is 76.9 Å². The number of aryl methyl sites for hydroxylation is 1. The minimum absolute atomic E-state index is 0.272. The molecule has 0 amide bonds. The molecule has 0 unspecified atom stereocenters. The molecule has 35 heavy (non-hydrogen) atoms. The molecular weight excluding hydrogens is 460 g/mol. The van der Waals surface area contributed by atoms with Gasteiger partial charge in [-0.15, -0.1) is 10.2 Å². The van der Waals surface area contributed by atoms with Crippen LogP contribution in [0.25, 0.3) is 33.6 Å². The van der Waals surface area contributed by atoms with E-state index >= 15 is 0 Å². The van der Waals surface area contributed by atoms with E-state index in [0.29, 0.717) is 27.8 Å². The Morgan fingerprint density at radius 1 is 1.09 bits per heavy atom. The molecule has 0 saturated carbocycles. The van der Waals surface area contributed by atoms with Crippen LogP contribution in [0.3, 0.4) is 0 Å². The fourth-order valence-electron chi connectivity index (χ4n) is 4.12. The molecule has 0 fully saturated rings. The summed E-state index contributed by atoms with van der Waals surface area (Å²) in [6.45, 7) is 2.04. The maximum Gasteiger partial charge on any atom is 0.272 e. The van der Waals surface area contributed by atoms with Gasteiger partial charge in [-0.05, 0) is 30.7 Å². The van der Waals surface area contributed by atoms with E-state index in [4.69, 9.17) is 0 Å². The van der Waals surface area contributed by atoms with Crippen molar-refractivity contribution >= 4 is 28.3 Å². The molecule has 10 heteroatoms. The van der Waals surface area contributed by atoms with Gasteiger partial charge in [0.15, 0.2) is 16.6 Å². The molecule has 0 aliphatic heterocycles. The molecule has 170 valence electrons. The quantitative estimate of drug-likeness (QED) is 0.358. The zero-order chi connectivity index (χ0) is 23.9. The van der Waals surface area contributed by atoms with Gasteiger partial charge in [-0.25, -0.2) is 9.50 Å². The van der Waals surface area contributed by atoms with Gasteiger partial charge in [0.2, 0.25) is 0 Å². The van der Waals surface area contributed by atoms with Gasteiger partial charge in [-0.2, -0.15) is 5.26 Å². The van der Waals surface area contributed by atoms with Crippen molar-refractivity contribution in [1.29, 1.82) is 5.26 Å². The van der Waals surface area contributed by atoms with Crippen molar-refractivity contribution in [3.05, 3.63) is 94.2 Å². The van der Waals surface area contributed by atoms with Crippen LogP contribution in [0.4, 0.5) is 0 Å². The number of nitrogens with one attached hydrogen (secondary N) is 2. The van der Waals surface area contributed by atoms with Crippen molar-refractivity contribution in [3.63, 3.8) is 0 Å². The van der Waals surface area contributed by atoms with Gasteiger partial charge in [0.1, 0.15) is 11.6 Å². The first-order valence-electron chi connectivity index (χ1n) is 10.8. The van der Waals surface area contributed by atoms with Crippen LogP contribution in [0.1, 0.15) is 16.8 Å². The molecule has 2 aromatic carbocycles. The minimum atomic E-state index is -0.272. The van der Waals surface area contributed by atoms with Crippen molar-refractivity contribution in [1.82, 2.24) is 34.3 Å². The Hall–Kier alpha value is -4.62. The summed E-state index contributed by atoms with van der Waals surface area (Å²) in [7, 11) is 0. The molecule has 9 nitrogen and oxygen atoms in total. The summed E-state index contributed by atoms with van der Waals surface area (Å²) in [6, 6.07) is 19.7.